The zero-order chi connectivity index (χ0) is 10.9. The molecule has 0 radical (unpaired) electrons. The Kier molecular flexibility index (Phi) is 3.25. The van der Waals surface area contributed by atoms with Crippen molar-refractivity contribution in [2.45, 2.75) is 0 Å². The van der Waals surface area contributed by atoms with Crippen molar-refractivity contribution in [1.29, 1.82) is 0 Å². The maximum Gasteiger partial charge on any atom is 0.196 e. The van der Waals surface area contributed by atoms with E-state index >= 15 is 0 Å². The van der Waals surface area contributed by atoms with Gasteiger partial charge in [-0.1, -0.05) is 0 Å². The molecular formula is C8H3BrF4O. The lowest BCUT2D eigenvalue weighted by Gasteiger charge is -2.03. The molecule has 14 heavy (non-hydrogen) atoms. The average molecular weight is 271 g/mol. The number of Topliss-reactive ketones (excluding diaryl/α,β-unsaturated/α-hetero) is 1. The third-order valence-electron chi connectivity index (χ3n) is 1.52. The number of carbonyl (C=O) groups excluding carboxylic acids is 1. The van der Waals surface area contributed by atoms with E-state index in [0.717, 1.165) is 0 Å². The molecule has 0 heterocycles. The summed E-state index contributed by atoms with van der Waals surface area (Å²) in [5.41, 5.74) is -0.807. The van der Waals surface area contributed by atoms with Crippen LogP contribution in [0.5, 0.6) is 0 Å². The fourth-order valence-corrected chi connectivity index (χ4v) is 1.25. The second kappa shape index (κ2) is 4.08. The van der Waals surface area contributed by atoms with Gasteiger partial charge < -0.3 is 0 Å². The first-order chi connectivity index (χ1) is 6.49. The highest BCUT2D eigenvalue weighted by Crippen LogP contribution is 2.24. The first kappa shape index (κ1) is 11.2. The van der Waals surface area contributed by atoms with Crippen molar-refractivity contribution in [3.8, 4) is 0 Å². The Hall–Kier alpha value is -0.910. The number of hydrogen-bond acceptors (Lipinski definition) is 1. The molecule has 0 saturated carbocycles. The highest BCUT2D eigenvalue weighted by Gasteiger charge is 2.21. The molecule has 1 aromatic carbocycles. The van der Waals surface area contributed by atoms with Gasteiger partial charge in [0.05, 0.1) is 10.0 Å². The third-order valence-corrected chi connectivity index (χ3v) is 2.10. The number of rotatable bonds is 2. The summed E-state index contributed by atoms with van der Waals surface area (Å²) in [4.78, 5) is 10.7. The van der Waals surface area contributed by atoms with E-state index < -0.39 is 39.9 Å². The van der Waals surface area contributed by atoms with E-state index in [9.17, 15) is 22.4 Å². The van der Waals surface area contributed by atoms with Crippen molar-refractivity contribution in [3.63, 3.8) is 0 Å². The molecule has 1 nitrogen and oxygen atoms in total. The van der Waals surface area contributed by atoms with Gasteiger partial charge in [0, 0.05) is 0 Å². The Morgan fingerprint density at radius 1 is 1.21 bits per heavy atom. The molecule has 0 aliphatic carbocycles. The molecular weight excluding hydrogens is 268 g/mol. The molecule has 0 atom stereocenters. The van der Waals surface area contributed by atoms with Crippen molar-refractivity contribution in [2.24, 2.45) is 0 Å². The van der Waals surface area contributed by atoms with Crippen LogP contribution < -0.4 is 0 Å². The summed E-state index contributed by atoms with van der Waals surface area (Å²) in [6.45, 7) is -1.46. The highest BCUT2D eigenvalue weighted by atomic mass is 79.9. The van der Waals surface area contributed by atoms with E-state index in [1.807, 2.05) is 0 Å². The van der Waals surface area contributed by atoms with Gasteiger partial charge in [-0.15, -0.1) is 0 Å². The first-order valence-electron chi connectivity index (χ1n) is 3.41. The summed E-state index contributed by atoms with van der Waals surface area (Å²) in [5.74, 6) is -6.15. The van der Waals surface area contributed by atoms with Crippen LogP contribution in [0, 0.1) is 17.5 Å². The standard InChI is InChI=1S/C8H3BrF4O/c9-4-1-3(5(14)2-10)6(11)8(13)7(4)12/h1H,2H2. The Morgan fingerprint density at radius 3 is 2.29 bits per heavy atom. The molecule has 6 heteroatoms. The van der Waals surface area contributed by atoms with Gasteiger partial charge in [-0.2, -0.15) is 0 Å². The zero-order valence-electron chi connectivity index (χ0n) is 6.58. The van der Waals surface area contributed by atoms with Crippen LogP contribution in [0.3, 0.4) is 0 Å². The summed E-state index contributed by atoms with van der Waals surface area (Å²) in [6.07, 6.45) is 0. The number of hydrogen-bond donors (Lipinski definition) is 0. The molecule has 0 bridgehead atoms. The van der Waals surface area contributed by atoms with Gasteiger partial charge in [0.25, 0.3) is 0 Å². The fraction of sp³-hybridized carbons (Fsp3) is 0.125. The molecule has 1 rings (SSSR count). The summed E-state index contributed by atoms with van der Waals surface area (Å²) in [7, 11) is 0. The van der Waals surface area contributed by atoms with Gasteiger partial charge >= 0.3 is 0 Å². The molecule has 1 aromatic rings. The minimum Gasteiger partial charge on any atom is -0.291 e. The Bertz CT molecular complexity index is 391. The lowest BCUT2D eigenvalue weighted by molar-refractivity contribution is 0.0953. The molecule has 0 amide bonds. The molecule has 0 saturated heterocycles. The average Bonchev–Trinajstić information content (AvgIpc) is 2.19. The summed E-state index contributed by atoms with van der Waals surface area (Å²) in [5, 5.41) is 0. The lowest BCUT2D eigenvalue weighted by Crippen LogP contribution is -2.08. The quantitative estimate of drug-likeness (QED) is 0.350. The van der Waals surface area contributed by atoms with Crippen LogP contribution in [-0.4, -0.2) is 12.5 Å². The largest absolute Gasteiger partial charge is 0.291 e. The number of benzene rings is 1. The van der Waals surface area contributed by atoms with Gasteiger partial charge in [0.15, 0.2) is 29.9 Å². The van der Waals surface area contributed by atoms with E-state index in [1.165, 1.54) is 0 Å². The van der Waals surface area contributed by atoms with E-state index in [0.29, 0.717) is 6.07 Å². The van der Waals surface area contributed by atoms with Crippen molar-refractivity contribution in [3.05, 3.63) is 33.6 Å². The molecule has 0 spiro atoms. The van der Waals surface area contributed by atoms with Gasteiger partial charge in [-0.25, -0.2) is 17.6 Å². The van der Waals surface area contributed by atoms with Gasteiger partial charge in [0.1, 0.15) is 0 Å². The lowest BCUT2D eigenvalue weighted by atomic mass is 10.1. The normalized spacial score (nSPS) is 10.4. The zero-order valence-corrected chi connectivity index (χ0v) is 8.17. The van der Waals surface area contributed by atoms with Crippen LogP contribution in [0.4, 0.5) is 17.6 Å². The number of alkyl halides is 1. The van der Waals surface area contributed by atoms with Crippen molar-refractivity contribution < 1.29 is 22.4 Å². The van der Waals surface area contributed by atoms with Crippen LogP contribution in [0.15, 0.2) is 10.5 Å². The van der Waals surface area contributed by atoms with E-state index in [4.69, 9.17) is 0 Å². The highest BCUT2D eigenvalue weighted by molar-refractivity contribution is 9.10. The van der Waals surface area contributed by atoms with Crippen LogP contribution in [0.25, 0.3) is 0 Å². The monoisotopic (exact) mass is 270 g/mol. The molecule has 0 aliphatic rings. The van der Waals surface area contributed by atoms with E-state index in [1.54, 1.807) is 0 Å². The molecule has 0 unspecified atom stereocenters. The van der Waals surface area contributed by atoms with Crippen molar-refractivity contribution in [1.82, 2.24) is 0 Å². The first-order valence-corrected chi connectivity index (χ1v) is 4.20. The van der Waals surface area contributed by atoms with Crippen LogP contribution in [-0.2, 0) is 0 Å². The SMILES string of the molecule is O=C(CF)c1cc(Br)c(F)c(F)c1F. The van der Waals surface area contributed by atoms with Crippen LogP contribution in [0.2, 0.25) is 0 Å². The molecule has 0 aromatic heterocycles. The third kappa shape index (κ3) is 1.79. The second-order valence-corrected chi connectivity index (χ2v) is 3.26. The Labute approximate surface area is 84.9 Å². The predicted molar refractivity (Wildman–Crippen MR) is 44.3 cm³/mol. The Balaban J connectivity index is 3.40. The van der Waals surface area contributed by atoms with Crippen LogP contribution >= 0.6 is 15.9 Å². The second-order valence-electron chi connectivity index (χ2n) is 2.40. The fourth-order valence-electron chi connectivity index (χ4n) is 0.848. The van der Waals surface area contributed by atoms with Gasteiger partial charge in [-0.3, -0.25) is 4.79 Å². The van der Waals surface area contributed by atoms with Crippen molar-refractivity contribution in [2.75, 3.05) is 6.67 Å². The summed E-state index contributed by atoms with van der Waals surface area (Å²) in [6, 6.07) is 0.704. The number of carbonyl (C=O) groups is 1. The summed E-state index contributed by atoms with van der Waals surface area (Å²) >= 11 is 2.57. The Morgan fingerprint density at radius 2 is 1.79 bits per heavy atom. The number of halogens is 5. The molecule has 76 valence electrons. The smallest absolute Gasteiger partial charge is 0.196 e. The molecule has 0 aliphatic heterocycles. The maximum atomic E-state index is 12.9. The topological polar surface area (TPSA) is 17.1 Å². The van der Waals surface area contributed by atoms with Gasteiger partial charge in [0.2, 0.25) is 0 Å². The minimum absolute atomic E-state index is 0.423. The van der Waals surface area contributed by atoms with Crippen molar-refractivity contribution >= 4 is 21.7 Å². The molecule has 0 fully saturated rings. The predicted octanol–water partition coefficient (Wildman–Crippen LogP) is 3.02. The van der Waals surface area contributed by atoms with Gasteiger partial charge in [-0.05, 0) is 22.0 Å². The minimum atomic E-state index is -1.80. The van der Waals surface area contributed by atoms with E-state index in [-0.39, 0.29) is 0 Å². The summed E-state index contributed by atoms with van der Waals surface area (Å²) < 4.78 is 49.7. The van der Waals surface area contributed by atoms with E-state index in [2.05, 4.69) is 15.9 Å². The number of ketones is 1. The maximum absolute atomic E-state index is 12.9. The molecule has 0 N–H and O–H groups in total. The van der Waals surface area contributed by atoms with Crippen LogP contribution in [0.1, 0.15) is 10.4 Å².